The third-order valence-corrected chi connectivity index (χ3v) is 8.95. The van der Waals surface area contributed by atoms with E-state index in [9.17, 15) is 27.6 Å². The van der Waals surface area contributed by atoms with E-state index in [1.807, 2.05) is 0 Å². The zero-order valence-corrected chi connectivity index (χ0v) is 19.8. The SMILES string of the molecule is O=C1Oc2c(OC(=O)C34CC5CC(C3)C(=O)C(C5)C4)c3oc2c1c3C(=O)Oc1ccc(S(=O)(=O)O)cc1. The topological polar surface area (TPSA) is 163 Å². The van der Waals surface area contributed by atoms with E-state index >= 15 is 0 Å². The van der Waals surface area contributed by atoms with Gasteiger partial charge in [-0.15, -0.1) is 0 Å². The minimum absolute atomic E-state index is 0.0304. The molecule has 2 aromatic heterocycles. The molecule has 0 spiro atoms. The Balaban J connectivity index is 1.19. The molecular formula is C25H18O11S. The first-order chi connectivity index (χ1) is 17.5. The largest absolute Gasteiger partial charge is 0.447 e. The number of esters is 3. The highest BCUT2D eigenvalue weighted by Gasteiger charge is 2.59. The van der Waals surface area contributed by atoms with Crippen molar-refractivity contribution in [2.45, 2.75) is 37.0 Å². The molecule has 0 amide bonds. The van der Waals surface area contributed by atoms with Gasteiger partial charge in [-0.2, -0.15) is 8.42 Å². The van der Waals surface area contributed by atoms with Crippen molar-refractivity contribution in [3.8, 4) is 17.2 Å². The quantitative estimate of drug-likeness (QED) is 0.295. The molecule has 5 aliphatic rings. The number of ketones is 1. The fourth-order valence-corrected chi connectivity index (χ4v) is 7.19. The molecule has 6 bridgehead atoms. The summed E-state index contributed by atoms with van der Waals surface area (Å²) in [6.07, 6.45) is 3.05. The van der Waals surface area contributed by atoms with Gasteiger partial charge in [-0.25, -0.2) is 9.59 Å². The van der Waals surface area contributed by atoms with Crippen LogP contribution in [0, 0.1) is 23.2 Å². The number of benzene rings is 2. The van der Waals surface area contributed by atoms with Crippen LogP contribution >= 0.6 is 0 Å². The summed E-state index contributed by atoms with van der Waals surface area (Å²) in [6.45, 7) is 0. The molecule has 2 unspecified atom stereocenters. The average Bonchev–Trinajstić information content (AvgIpc) is 3.45. The summed E-state index contributed by atoms with van der Waals surface area (Å²) in [5.41, 5.74) is -1.43. The Morgan fingerprint density at radius 2 is 1.65 bits per heavy atom. The Morgan fingerprint density at radius 3 is 2.30 bits per heavy atom. The minimum atomic E-state index is -4.44. The van der Waals surface area contributed by atoms with Crippen LogP contribution in [0.15, 0.2) is 33.6 Å². The van der Waals surface area contributed by atoms with E-state index in [4.69, 9.17) is 23.2 Å². The number of hydrogen-bond donors (Lipinski definition) is 1. The molecule has 8 rings (SSSR count). The molecule has 1 aromatic carbocycles. The Kier molecular flexibility index (Phi) is 4.34. The second-order valence-electron chi connectivity index (χ2n) is 10.3. The Morgan fingerprint density at radius 1 is 0.973 bits per heavy atom. The van der Waals surface area contributed by atoms with Gasteiger partial charge in [-0.1, -0.05) is 0 Å². The van der Waals surface area contributed by atoms with Crippen molar-refractivity contribution < 1.29 is 50.8 Å². The van der Waals surface area contributed by atoms with Gasteiger partial charge >= 0.3 is 17.9 Å². The second kappa shape index (κ2) is 7.17. The molecule has 0 saturated heterocycles. The monoisotopic (exact) mass is 526 g/mol. The molecule has 4 aliphatic carbocycles. The predicted octanol–water partition coefficient (Wildman–Crippen LogP) is 3.17. The fourth-order valence-electron chi connectivity index (χ4n) is 6.71. The van der Waals surface area contributed by atoms with Crippen LogP contribution in [-0.2, 0) is 19.7 Å². The Labute approximate surface area is 208 Å². The van der Waals surface area contributed by atoms with Crippen LogP contribution in [-0.4, -0.2) is 36.7 Å². The second-order valence-corrected chi connectivity index (χ2v) is 11.7. The summed E-state index contributed by atoms with van der Waals surface area (Å²) in [4.78, 5) is 51.1. The van der Waals surface area contributed by atoms with Crippen molar-refractivity contribution in [3.63, 3.8) is 0 Å². The van der Waals surface area contributed by atoms with Crippen LogP contribution in [0.5, 0.6) is 17.2 Å². The molecule has 4 saturated carbocycles. The summed E-state index contributed by atoms with van der Waals surface area (Å²) < 4.78 is 53.5. The lowest BCUT2D eigenvalue weighted by atomic mass is 9.49. The van der Waals surface area contributed by atoms with Gasteiger partial charge < -0.3 is 18.6 Å². The van der Waals surface area contributed by atoms with Crippen molar-refractivity contribution in [1.82, 2.24) is 0 Å². The normalized spacial score (nSPS) is 27.6. The van der Waals surface area contributed by atoms with E-state index in [2.05, 4.69) is 0 Å². The van der Waals surface area contributed by atoms with Crippen LogP contribution in [0.2, 0.25) is 0 Å². The maximum absolute atomic E-state index is 13.5. The molecule has 11 nitrogen and oxygen atoms in total. The van der Waals surface area contributed by atoms with Crippen LogP contribution in [0.3, 0.4) is 0 Å². The summed E-state index contributed by atoms with van der Waals surface area (Å²) >= 11 is 0. The van der Waals surface area contributed by atoms with E-state index in [0.717, 1.165) is 37.1 Å². The molecule has 3 aromatic rings. The number of hydrogen-bond acceptors (Lipinski definition) is 10. The molecule has 12 heteroatoms. The first kappa shape index (κ1) is 22.4. The molecule has 0 radical (unpaired) electrons. The van der Waals surface area contributed by atoms with E-state index in [-0.39, 0.29) is 63.1 Å². The molecule has 3 heterocycles. The van der Waals surface area contributed by atoms with Crippen LogP contribution < -0.4 is 14.2 Å². The lowest BCUT2D eigenvalue weighted by Crippen LogP contribution is -2.55. The number of carbonyl (C=O) groups is 4. The van der Waals surface area contributed by atoms with Gasteiger partial charge in [0.15, 0.2) is 11.2 Å². The first-order valence-corrected chi connectivity index (χ1v) is 13.2. The lowest BCUT2D eigenvalue weighted by molar-refractivity contribution is -0.167. The maximum atomic E-state index is 13.5. The van der Waals surface area contributed by atoms with Gasteiger partial charge in [0.05, 0.1) is 10.3 Å². The Bertz CT molecular complexity index is 1630. The minimum Gasteiger partial charge on any atom is -0.447 e. The number of ether oxygens (including phenoxy) is 3. The fraction of sp³-hybridized carbons (Fsp3) is 0.360. The lowest BCUT2D eigenvalue weighted by Gasteiger charge is -2.53. The number of carbonyl (C=O) groups excluding carboxylic acids is 4. The van der Waals surface area contributed by atoms with Gasteiger partial charge in [0, 0.05) is 11.8 Å². The Hall–Kier alpha value is -3.77. The van der Waals surface area contributed by atoms with Gasteiger partial charge in [0.2, 0.25) is 11.5 Å². The summed E-state index contributed by atoms with van der Waals surface area (Å²) in [6, 6.07) is 4.39. The molecule has 190 valence electrons. The molecular weight excluding hydrogens is 508 g/mol. The third-order valence-electron chi connectivity index (χ3n) is 8.08. The van der Waals surface area contributed by atoms with Gasteiger partial charge in [-0.05, 0) is 62.3 Å². The standard InChI is InChI=1S/C25H18O11S/c26-17-11-5-10-6-12(17)9-25(7-10,8-11)24(29)36-21-19-15(16-18(34-19)20(21)35-23(16)28)22(27)33-13-1-3-14(4-2-13)37(30,31)32/h1-4,10-12H,5-9H2,(H,30,31,32). The molecule has 2 atom stereocenters. The van der Waals surface area contributed by atoms with E-state index in [1.165, 1.54) is 0 Å². The molecule has 1 N–H and O–H groups in total. The first-order valence-electron chi connectivity index (χ1n) is 11.7. The highest BCUT2D eigenvalue weighted by Crippen LogP contribution is 2.60. The zero-order valence-electron chi connectivity index (χ0n) is 19.0. The van der Waals surface area contributed by atoms with Crippen LogP contribution in [0.4, 0.5) is 0 Å². The number of rotatable bonds is 5. The van der Waals surface area contributed by atoms with Crippen LogP contribution in [0.25, 0.3) is 11.2 Å². The van der Waals surface area contributed by atoms with Crippen molar-refractivity contribution in [2.24, 2.45) is 23.2 Å². The van der Waals surface area contributed by atoms with E-state index < -0.39 is 38.3 Å². The number of fused-ring (bicyclic) bond motifs is 1. The van der Waals surface area contributed by atoms with Crippen molar-refractivity contribution in [3.05, 3.63) is 35.4 Å². The smallest absolute Gasteiger partial charge is 0.348 e. The highest BCUT2D eigenvalue weighted by atomic mass is 32.2. The van der Waals surface area contributed by atoms with Crippen molar-refractivity contribution in [2.75, 3.05) is 0 Å². The zero-order chi connectivity index (χ0) is 25.9. The number of furan rings is 2. The molecule has 37 heavy (non-hydrogen) atoms. The number of Topliss-reactive ketones (excluding diaryl/α,β-unsaturated/α-hetero) is 1. The predicted molar refractivity (Wildman–Crippen MR) is 120 cm³/mol. The van der Waals surface area contributed by atoms with Crippen molar-refractivity contribution >= 4 is 45.0 Å². The average molecular weight is 526 g/mol. The van der Waals surface area contributed by atoms with Gasteiger partial charge in [0.25, 0.3) is 10.1 Å². The van der Waals surface area contributed by atoms with Crippen molar-refractivity contribution in [1.29, 1.82) is 0 Å². The molecule has 1 aliphatic heterocycles. The van der Waals surface area contributed by atoms with E-state index in [1.54, 1.807) is 0 Å². The van der Waals surface area contributed by atoms with Gasteiger partial charge in [-0.3, -0.25) is 14.1 Å². The third kappa shape index (κ3) is 3.12. The summed E-state index contributed by atoms with van der Waals surface area (Å²) in [5.74, 6) is -2.51. The highest BCUT2D eigenvalue weighted by molar-refractivity contribution is 7.85. The van der Waals surface area contributed by atoms with Gasteiger partial charge in [0.1, 0.15) is 22.7 Å². The maximum Gasteiger partial charge on any atom is 0.348 e. The summed E-state index contributed by atoms with van der Waals surface area (Å²) in [7, 11) is -4.44. The summed E-state index contributed by atoms with van der Waals surface area (Å²) in [5, 5.41) is 0. The van der Waals surface area contributed by atoms with Crippen LogP contribution in [0.1, 0.15) is 52.8 Å². The van der Waals surface area contributed by atoms with E-state index in [0.29, 0.717) is 19.3 Å². The molecule has 4 fully saturated rings.